The van der Waals surface area contributed by atoms with Crippen molar-refractivity contribution in [2.45, 2.75) is 31.8 Å². The van der Waals surface area contributed by atoms with Gasteiger partial charge in [-0.25, -0.2) is 0 Å². The lowest BCUT2D eigenvalue weighted by molar-refractivity contribution is -0.136. The summed E-state index contributed by atoms with van der Waals surface area (Å²) >= 11 is 0. The zero-order valence-corrected chi connectivity index (χ0v) is 11.3. The van der Waals surface area contributed by atoms with Crippen LogP contribution in [0.25, 0.3) is 0 Å². The van der Waals surface area contributed by atoms with E-state index < -0.39 is 0 Å². The monoisotopic (exact) mass is 262 g/mol. The van der Waals surface area contributed by atoms with Gasteiger partial charge in [-0.3, -0.25) is 4.79 Å². The summed E-state index contributed by atoms with van der Waals surface area (Å²) in [5.74, 6) is 0.466. The number of ether oxygens (including phenoxy) is 1. The Hall–Kier alpha value is -0.320. The number of carbonyl (C=O) groups excluding carboxylic acids is 1. The van der Waals surface area contributed by atoms with E-state index in [-0.39, 0.29) is 30.3 Å². The van der Waals surface area contributed by atoms with Crippen molar-refractivity contribution in [2.75, 3.05) is 33.3 Å². The number of hydrogen-bond donors (Lipinski definition) is 1. The largest absolute Gasteiger partial charge is 0.376 e. The Morgan fingerprint density at radius 2 is 2.24 bits per heavy atom. The van der Waals surface area contributed by atoms with Crippen molar-refractivity contribution in [3.8, 4) is 0 Å². The highest BCUT2D eigenvalue weighted by atomic mass is 35.5. The molecule has 4 nitrogen and oxygen atoms in total. The number of carbonyl (C=O) groups is 1. The van der Waals surface area contributed by atoms with Crippen molar-refractivity contribution in [2.24, 2.45) is 5.92 Å². The number of halogens is 1. The molecule has 5 heteroatoms. The first kappa shape index (κ1) is 14.7. The van der Waals surface area contributed by atoms with E-state index in [4.69, 9.17) is 4.74 Å². The van der Waals surface area contributed by atoms with Crippen molar-refractivity contribution in [3.63, 3.8) is 0 Å². The normalized spacial score (nSPS) is 28.5. The number of nitrogens with one attached hydrogen (secondary N) is 1. The Kier molecular flexibility index (Phi) is 6.23. The molecule has 1 N–H and O–H groups in total. The summed E-state index contributed by atoms with van der Waals surface area (Å²) in [5.41, 5.74) is 0. The molecule has 0 aromatic heterocycles. The third-order valence-electron chi connectivity index (χ3n) is 3.54. The summed E-state index contributed by atoms with van der Waals surface area (Å²) in [6.07, 6.45) is 4.74. The highest BCUT2D eigenvalue weighted by Crippen LogP contribution is 2.16. The second-order valence-electron chi connectivity index (χ2n) is 4.90. The molecule has 0 saturated carbocycles. The predicted molar refractivity (Wildman–Crippen MR) is 69.5 cm³/mol. The summed E-state index contributed by atoms with van der Waals surface area (Å²) < 4.78 is 5.65. The van der Waals surface area contributed by atoms with E-state index in [1.54, 1.807) is 0 Å². The molecule has 100 valence electrons. The van der Waals surface area contributed by atoms with E-state index in [2.05, 4.69) is 5.32 Å². The van der Waals surface area contributed by atoms with Gasteiger partial charge < -0.3 is 15.0 Å². The molecule has 0 aromatic rings. The van der Waals surface area contributed by atoms with Gasteiger partial charge in [0.25, 0.3) is 0 Å². The SMILES string of the molecule is CN(CC1CCCCO1)C(=O)C1CCNC1.Cl. The van der Waals surface area contributed by atoms with Crippen LogP contribution in [0.5, 0.6) is 0 Å². The molecule has 0 aliphatic carbocycles. The van der Waals surface area contributed by atoms with Crippen LogP contribution >= 0.6 is 12.4 Å². The molecule has 2 heterocycles. The van der Waals surface area contributed by atoms with Crippen molar-refractivity contribution in [3.05, 3.63) is 0 Å². The van der Waals surface area contributed by atoms with E-state index in [9.17, 15) is 4.79 Å². The Bertz CT molecular complexity index is 239. The maximum absolute atomic E-state index is 12.0. The molecule has 17 heavy (non-hydrogen) atoms. The van der Waals surface area contributed by atoms with Crippen LogP contribution in [0.4, 0.5) is 0 Å². The lowest BCUT2D eigenvalue weighted by Gasteiger charge is -2.28. The summed E-state index contributed by atoms with van der Waals surface area (Å²) in [6.45, 7) is 3.44. The number of rotatable bonds is 3. The smallest absolute Gasteiger partial charge is 0.226 e. The van der Waals surface area contributed by atoms with Gasteiger partial charge in [-0.1, -0.05) is 0 Å². The molecule has 0 bridgehead atoms. The third-order valence-corrected chi connectivity index (χ3v) is 3.54. The van der Waals surface area contributed by atoms with Gasteiger partial charge in [0, 0.05) is 26.7 Å². The van der Waals surface area contributed by atoms with Crippen molar-refractivity contribution < 1.29 is 9.53 Å². The average Bonchev–Trinajstić information content (AvgIpc) is 2.83. The molecular formula is C12H23ClN2O2. The highest BCUT2D eigenvalue weighted by Gasteiger charge is 2.27. The molecule has 2 rings (SSSR count). The zero-order valence-electron chi connectivity index (χ0n) is 10.5. The Labute approximate surface area is 109 Å². The van der Waals surface area contributed by atoms with E-state index in [0.29, 0.717) is 0 Å². The molecule has 2 saturated heterocycles. The molecule has 2 aliphatic heterocycles. The topological polar surface area (TPSA) is 41.6 Å². The van der Waals surface area contributed by atoms with Crippen molar-refractivity contribution >= 4 is 18.3 Å². The molecule has 2 fully saturated rings. The van der Waals surface area contributed by atoms with Gasteiger partial charge in [0.15, 0.2) is 0 Å². The minimum Gasteiger partial charge on any atom is -0.376 e. The fourth-order valence-corrected chi connectivity index (χ4v) is 2.52. The fourth-order valence-electron chi connectivity index (χ4n) is 2.52. The van der Waals surface area contributed by atoms with Crippen LogP contribution in [0.2, 0.25) is 0 Å². The van der Waals surface area contributed by atoms with Gasteiger partial charge >= 0.3 is 0 Å². The summed E-state index contributed by atoms with van der Waals surface area (Å²) in [5, 5.41) is 3.23. The minimum absolute atomic E-state index is 0. The van der Waals surface area contributed by atoms with Gasteiger partial charge in [0.2, 0.25) is 5.91 Å². The second-order valence-corrected chi connectivity index (χ2v) is 4.90. The van der Waals surface area contributed by atoms with E-state index in [1.165, 1.54) is 12.8 Å². The standard InChI is InChI=1S/C12H22N2O2.ClH/c1-14(9-11-4-2-3-7-16-11)12(15)10-5-6-13-8-10;/h10-11,13H,2-9H2,1H3;1H. The van der Waals surface area contributed by atoms with E-state index in [0.717, 1.165) is 39.1 Å². The highest BCUT2D eigenvalue weighted by molar-refractivity contribution is 5.85. The lowest BCUT2D eigenvalue weighted by atomic mass is 10.1. The van der Waals surface area contributed by atoms with Crippen LogP contribution < -0.4 is 5.32 Å². The third kappa shape index (κ3) is 4.12. The van der Waals surface area contributed by atoms with Gasteiger partial charge in [-0.2, -0.15) is 0 Å². The van der Waals surface area contributed by atoms with Crippen LogP contribution in [-0.4, -0.2) is 50.2 Å². The molecule has 0 spiro atoms. The van der Waals surface area contributed by atoms with Crippen molar-refractivity contribution in [1.29, 1.82) is 0 Å². The van der Waals surface area contributed by atoms with Crippen LogP contribution in [0.15, 0.2) is 0 Å². The molecule has 1 amide bonds. The summed E-state index contributed by atoms with van der Waals surface area (Å²) in [7, 11) is 1.90. The van der Waals surface area contributed by atoms with Gasteiger partial charge in [-0.15, -0.1) is 12.4 Å². The van der Waals surface area contributed by atoms with Crippen LogP contribution in [-0.2, 0) is 9.53 Å². The maximum atomic E-state index is 12.0. The van der Waals surface area contributed by atoms with Gasteiger partial charge in [0.1, 0.15) is 0 Å². The maximum Gasteiger partial charge on any atom is 0.226 e. The number of amides is 1. The number of hydrogen-bond acceptors (Lipinski definition) is 3. The molecule has 2 unspecified atom stereocenters. The average molecular weight is 263 g/mol. The Balaban J connectivity index is 0.00000144. The molecule has 0 radical (unpaired) electrons. The van der Waals surface area contributed by atoms with Crippen LogP contribution in [0.3, 0.4) is 0 Å². The first-order valence-corrected chi connectivity index (χ1v) is 6.34. The molecule has 2 atom stereocenters. The van der Waals surface area contributed by atoms with E-state index >= 15 is 0 Å². The zero-order chi connectivity index (χ0) is 11.4. The first-order chi connectivity index (χ1) is 7.77. The lowest BCUT2D eigenvalue weighted by Crippen LogP contribution is -2.40. The number of likely N-dealkylation sites (N-methyl/N-ethyl adjacent to an activating group) is 1. The predicted octanol–water partition coefficient (Wildman–Crippen LogP) is 1.05. The minimum atomic E-state index is 0. The van der Waals surface area contributed by atoms with Crippen LogP contribution in [0.1, 0.15) is 25.7 Å². The van der Waals surface area contributed by atoms with Crippen LogP contribution in [0, 0.1) is 5.92 Å². The Morgan fingerprint density at radius 3 is 2.82 bits per heavy atom. The quantitative estimate of drug-likeness (QED) is 0.827. The molecule has 0 aromatic carbocycles. The van der Waals surface area contributed by atoms with Crippen molar-refractivity contribution in [1.82, 2.24) is 10.2 Å². The summed E-state index contributed by atoms with van der Waals surface area (Å²) in [6, 6.07) is 0. The molecular weight excluding hydrogens is 240 g/mol. The first-order valence-electron chi connectivity index (χ1n) is 6.34. The fraction of sp³-hybridized carbons (Fsp3) is 0.917. The van der Waals surface area contributed by atoms with Gasteiger partial charge in [0.05, 0.1) is 12.0 Å². The summed E-state index contributed by atoms with van der Waals surface area (Å²) in [4.78, 5) is 13.9. The molecule has 2 aliphatic rings. The van der Waals surface area contributed by atoms with Gasteiger partial charge in [-0.05, 0) is 32.2 Å². The number of nitrogens with zero attached hydrogens (tertiary/aromatic N) is 1. The van der Waals surface area contributed by atoms with E-state index in [1.807, 2.05) is 11.9 Å². The second kappa shape index (κ2) is 7.19. The Morgan fingerprint density at radius 1 is 1.41 bits per heavy atom.